The molecular formula is C13H12F3N2O4S+. The molecule has 0 aromatic carbocycles. The highest BCUT2D eigenvalue weighted by molar-refractivity contribution is 7.08. The number of rotatable bonds is 4. The number of hydrogen-bond acceptors (Lipinski definition) is 4. The molecule has 0 aliphatic carbocycles. The molecule has 124 valence electrons. The molecule has 2 aromatic heterocycles. The quantitative estimate of drug-likeness (QED) is 0.826. The highest BCUT2D eigenvalue weighted by Gasteiger charge is 2.38. The van der Waals surface area contributed by atoms with Gasteiger partial charge in [-0.05, 0) is 27.5 Å². The van der Waals surface area contributed by atoms with Crippen molar-refractivity contribution in [1.29, 1.82) is 0 Å². The van der Waals surface area contributed by atoms with E-state index in [4.69, 9.17) is 15.0 Å². The number of alkyl halides is 3. The van der Waals surface area contributed by atoms with E-state index in [9.17, 15) is 18.0 Å². The zero-order valence-corrected chi connectivity index (χ0v) is 12.3. The fourth-order valence-electron chi connectivity index (χ4n) is 1.33. The van der Waals surface area contributed by atoms with Gasteiger partial charge in [0.05, 0.1) is 0 Å². The van der Waals surface area contributed by atoms with Gasteiger partial charge >= 0.3 is 18.1 Å². The van der Waals surface area contributed by atoms with E-state index in [1.165, 1.54) is 0 Å². The van der Waals surface area contributed by atoms with Crippen LogP contribution in [-0.2, 0) is 16.1 Å². The Morgan fingerprint density at radius 1 is 1.22 bits per heavy atom. The van der Waals surface area contributed by atoms with E-state index in [0.29, 0.717) is 6.54 Å². The zero-order chi connectivity index (χ0) is 17.5. The molecule has 2 rings (SSSR count). The molecule has 0 unspecified atom stereocenters. The molecule has 0 spiro atoms. The Bertz CT molecular complexity index is 642. The number of carboxylic acids is 2. The van der Waals surface area contributed by atoms with Crippen molar-refractivity contribution in [3.05, 3.63) is 35.3 Å². The number of nitrogens with zero attached hydrogens (tertiary/aromatic N) is 2. The molecule has 2 aromatic rings. The second kappa shape index (κ2) is 8.22. The molecule has 2 N–H and O–H groups in total. The van der Waals surface area contributed by atoms with Crippen LogP contribution in [-0.4, -0.2) is 33.4 Å². The van der Waals surface area contributed by atoms with Crippen LogP contribution < -0.4 is 4.68 Å². The summed E-state index contributed by atoms with van der Waals surface area (Å²) in [5.74, 6) is -3.57. The monoisotopic (exact) mass is 349 g/mol. The van der Waals surface area contributed by atoms with E-state index < -0.39 is 18.1 Å². The van der Waals surface area contributed by atoms with E-state index in [1.807, 2.05) is 17.5 Å². The standard InChI is InChI=1S/C11H10N2O2S.C2HF3O2/c14-11(15)2-5-13-4-1-9(7-12-13)10-3-6-16-8-10;3-2(4,5)1(6)7/h1,3-4,6-8H,2,5H2;(H,6,7)/p+1. The third kappa shape index (κ3) is 6.87. The predicted molar refractivity (Wildman–Crippen MR) is 73.7 cm³/mol. The van der Waals surface area contributed by atoms with Gasteiger partial charge in [-0.3, -0.25) is 4.79 Å². The molecule has 23 heavy (non-hydrogen) atoms. The number of halogens is 3. The van der Waals surface area contributed by atoms with Crippen molar-refractivity contribution >= 4 is 23.3 Å². The van der Waals surface area contributed by atoms with Gasteiger partial charge < -0.3 is 10.2 Å². The first-order valence-corrected chi connectivity index (χ1v) is 7.04. The van der Waals surface area contributed by atoms with Crippen LogP contribution in [0.4, 0.5) is 13.2 Å². The summed E-state index contributed by atoms with van der Waals surface area (Å²) in [6.45, 7) is 0.402. The summed E-state index contributed by atoms with van der Waals surface area (Å²) in [6, 6.07) is 3.97. The van der Waals surface area contributed by atoms with Crippen molar-refractivity contribution in [2.45, 2.75) is 19.1 Å². The van der Waals surface area contributed by atoms with Crippen LogP contribution in [0.3, 0.4) is 0 Å². The Balaban J connectivity index is 0.000000322. The lowest BCUT2D eigenvalue weighted by Crippen LogP contribution is -2.38. The summed E-state index contributed by atoms with van der Waals surface area (Å²) in [5.41, 5.74) is 2.19. The smallest absolute Gasteiger partial charge is 0.481 e. The summed E-state index contributed by atoms with van der Waals surface area (Å²) >= 11 is 1.64. The van der Waals surface area contributed by atoms with Crippen LogP contribution in [0.5, 0.6) is 0 Å². The van der Waals surface area contributed by atoms with Gasteiger partial charge in [0.1, 0.15) is 12.6 Å². The first-order chi connectivity index (χ1) is 10.7. The molecule has 0 aliphatic heterocycles. The minimum absolute atomic E-state index is 0.0927. The minimum atomic E-state index is -5.08. The fourth-order valence-corrected chi connectivity index (χ4v) is 1.99. The lowest BCUT2D eigenvalue weighted by Gasteiger charge is -1.95. The average Bonchev–Trinajstić information content (AvgIpc) is 2.99. The van der Waals surface area contributed by atoms with Crippen LogP contribution in [0.15, 0.2) is 35.3 Å². The number of aryl methyl sites for hydroxylation is 1. The second-order valence-corrected chi connectivity index (χ2v) is 4.92. The second-order valence-electron chi connectivity index (χ2n) is 4.14. The summed E-state index contributed by atoms with van der Waals surface area (Å²) < 4.78 is 33.4. The Hall–Kier alpha value is -2.49. The van der Waals surface area contributed by atoms with E-state index in [-0.39, 0.29) is 6.42 Å². The summed E-state index contributed by atoms with van der Waals surface area (Å²) in [6.07, 6.45) is -1.44. The Labute approximate surface area is 132 Å². The van der Waals surface area contributed by atoms with Crippen LogP contribution in [0.25, 0.3) is 11.1 Å². The first-order valence-electron chi connectivity index (χ1n) is 6.10. The number of aliphatic carboxylic acids is 2. The Morgan fingerprint density at radius 2 is 1.87 bits per heavy atom. The number of hydrogen-bond donors (Lipinski definition) is 2. The molecule has 2 heterocycles. The van der Waals surface area contributed by atoms with E-state index >= 15 is 0 Å². The number of carbonyl (C=O) groups is 2. The highest BCUT2D eigenvalue weighted by atomic mass is 32.1. The molecule has 0 atom stereocenters. The van der Waals surface area contributed by atoms with Crippen molar-refractivity contribution in [2.24, 2.45) is 0 Å². The van der Waals surface area contributed by atoms with Crippen molar-refractivity contribution < 1.29 is 37.7 Å². The SMILES string of the molecule is O=C(O)C(F)(F)F.O=C(O)CC[n+]1ccc(-c2ccsc2)cn1. The summed E-state index contributed by atoms with van der Waals surface area (Å²) in [7, 11) is 0. The minimum Gasteiger partial charge on any atom is -0.481 e. The van der Waals surface area contributed by atoms with Crippen LogP contribution in [0, 0.1) is 0 Å². The number of carboxylic acid groups (broad SMARTS) is 2. The molecule has 0 bridgehead atoms. The normalized spacial score (nSPS) is 10.6. The Morgan fingerprint density at radius 3 is 2.26 bits per heavy atom. The molecule has 0 saturated carbocycles. The zero-order valence-electron chi connectivity index (χ0n) is 11.5. The number of aromatic nitrogens is 2. The van der Waals surface area contributed by atoms with Crippen LogP contribution in [0.1, 0.15) is 6.42 Å². The maximum atomic E-state index is 10.6. The van der Waals surface area contributed by atoms with E-state index in [2.05, 4.69) is 10.5 Å². The van der Waals surface area contributed by atoms with Gasteiger partial charge in [-0.1, -0.05) is 4.68 Å². The third-order valence-electron chi connectivity index (χ3n) is 2.42. The maximum absolute atomic E-state index is 10.6. The molecule has 0 saturated heterocycles. The van der Waals surface area contributed by atoms with Crippen molar-refractivity contribution in [1.82, 2.24) is 5.10 Å². The van der Waals surface area contributed by atoms with Gasteiger partial charge in [0.15, 0.2) is 12.7 Å². The lowest BCUT2D eigenvalue weighted by atomic mass is 10.2. The van der Waals surface area contributed by atoms with Gasteiger partial charge in [0.2, 0.25) is 0 Å². The van der Waals surface area contributed by atoms with Gasteiger partial charge in [0.25, 0.3) is 0 Å². The average molecular weight is 349 g/mol. The van der Waals surface area contributed by atoms with Crippen molar-refractivity contribution in [2.75, 3.05) is 0 Å². The third-order valence-corrected chi connectivity index (χ3v) is 3.11. The fraction of sp³-hybridized carbons (Fsp3) is 0.231. The molecule has 6 nitrogen and oxygen atoms in total. The Kier molecular flexibility index (Phi) is 6.64. The largest absolute Gasteiger partial charge is 0.490 e. The van der Waals surface area contributed by atoms with Gasteiger partial charge in [0, 0.05) is 11.6 Å². The predicted octanol–water partition coefficient (Wildman–Crippen LogP) is 2.21. The summed E-state index contributed by atoms with van der Waals surface area (Å²) in [4.78, 5) is 19.3. The van der Waals surface area contributed by atoms with Gasteiger partial charge in [-0.15, -0.1) is 0 Å². The summed E-state index contributed by atoms with van der Waals surface area (Å²) in [5, 5.41) is 23.9. The van der Waals surface area contributed by atoms with E-state index in [1.54, 1.807) is 28.4 Å². The highest BCUT2D eigenvalue weighted by Crippen LogP contribution is 2.19. The molecule has 0 radical (unpaired) electrons. The van der Waals surface area contributed by atoms with Crippen molar-refractivity contribution in [3.63, 3.8) is 0 Å². The van der Waals surface area contributed by atoms with Gasteiger partial charge in [-0.25, -0.2) is 4.79 Å². The van der Waals surface area contributed by atoms with Gasteiger partial charge in [-0.2, -0.15) is 24.5 Å². The topological polar surface area (TPSA) is 91.4 Å². The molecular weight excluding hydrogens is 337 g/mol. The van der Waals surface area contributed by atoms with Crippen molar-refractivity contribution in [3.8, 4) is 11.1 Å². The molecule has 0 amide bonds. The first kappa shape index (κ1) is 18.6. The molecule has 0 aliphatic rings. The molecule has 10 heteroatoms. The lowest BCUT2D eigenvalue weighted by molar-refractivity contribution is -0.752. The molecule has 0 fully saturated rings. The van der Waals surface area contributed by atoms with Crippen LogP contribution in [0.2, 0.25) is 0 Å². The van der Waals surface area contributed by atoms with E-state index in [0.717, 1.165) is 11.1 Å². The maximum Gasteiger partial charge on any atom is 0.490 e. The van der Waals surface area contributed by atoms with Crippen LogP contribution >= 0.6 is 11.3 Å². The number of thiophene rings is 1.